The van der Waals surface area contributed by atoms with Crippen LogP contribution in [0.15, 0.2) is 54.7 Å². The lowest BCUT2D eigenvalue weighted by atomic mass is 9.91. The van der Waals surface area contributed by atoms with Crippen LogP contribution in [0.2, 0.25) is 0 Å². The Morgan fingerprint density at radius 1 is 1.08 bits per heavy atom. The molecule has 0 spiro atoms. The second kappa shape index (κ2) is 7.11. The number of hydrogen-bond donors (Lipinski definition) is 1. The minimum atomic E-state index is -0.982. The van der Waals surface area contributed by atoms with Crippen molar-refractivity contribution in [1.82, 2.24) is 14.8 Å². The van der Waals surface area contributed by atoms with E-state index in [4.69, 9.17) is 5.73 Å². The third kappa shape index (κ3) is 3.63. The summed E-state index contributed by atoms with van der Waals surface area (Å²) in [4.78, 5) is 21.4. The molecule has 1 atom stereocenters. The molecule has 5 heteroatoms. The van der Waals surface area contributed by atoms with E-state index in [1.807, 2.05) is 59.6 Å². The lowest BCUT2D eigenvalue weighted by Crippen LogP contribution is -2.56. The molecule has 1 fully saturated rings. The summed E-state index contributed by atoms with van der Waals surface area (Å²) in [5, 5.41) is 0. The minimum absolute atomic E-state index is 0.00816. The van der Waals surface area contributed by atoms with E-state index in [0.29, 0.717) is 13.1 Å². The fourth-order valence-corrected chi connectivity index (χ4v) is 3.07. The van der Waals surface area contributed by atoms with E-state index in [0.717, 1.165) is 30.9 Å². The molecular formula is C19H24N4O. The topological polar surface area (TPSA) is 62.5 Å². The predicted molar refractivity (Wildman–Crippen MR) is 94.1 cm³/mol. The van der Waals surface area contributed by atoms with Crippen molar-refractivity contribution < 1.29 is 4.79 Å². The highest BCUT2D eigenvalue weighted by molar-refractivity contribution is 5.87. The van der Waals surface area contributed by atoms with Gasteiger partial charge in [-0.15, -0.1) is 0 Å². The molecule has 0 saturated carbocycles. The Morgan fingerprint density at radius 3 is 2.38 bits per heavy atom. The van der Waals surface area contributed by atoms with Crippen LogP contribution in [-0.2, 0) is 16.9 Å². The molecule has 2 heterocycles. The maximum absolute atomic E-state index is 12.9. The van der Waals surface area contributed by atoms with Crippen molar-refractivity contribution in [2.75, 3.05) is 26.2 Å². The fourth-order valence-electron chi connectivity index (χ4n) is 3.07. The van der Waals surface area contributed by atoms with Crippen LogP contribution in [0.25, 0.3) is 0 Å². The zero-order valence-corrected chi connectivity index (χ0v) is 14.1. The van der Waals surface area contributed by atoms with Crippen LogP contribution in [0.3, 0.4) is 0 Å². The van der Waals surface area contributed by atoms with Crippen LogP contribution in [-0.4, -0.2) is 46.9 Å². The van der Waals surface area contributed by atoms with Crippen molar-refractivity contribution in [3.05, 3.63) is 66.0 Å². The fraction of sp³-hybridized carbons (Fsp3) is 0.368. The number of carbonyl (C=O) groups excluding carboxylic acids is 1. The van der Waals surface area contributed by atoms with E-state index in [1.165, 1.54) is 0 Å². The van der Waals surface area contributed by atoms with Gasteiger partial charge in [-0.05, 0) is 24.6 Å². The van der Waals surface area contributed by atoms with Gasteiger partial charge in [0.05, 0.1) is 5.69 Å². The van der Waals surface area contributed by atoms with E-state index in [2.05, 4.69) is 9.88 Å². The minimum Gasteiger partial charge on any atom is -0.338 e. The smallest absolute Gasteiger partial charge is 0.247 e. The van der Waals surface area contributed by atoms with E-state index >= 15 is 0 Å². The summed E-state index contributed by atoms with van der Waals surface area (Å²) in [6.07, 6.45) is 1.81. The summed E-state index contributed by atoms with van der Waals surface area (Å²) in [6.45, 7) is 5.70. The molecule has 1 unspecified atom stereocenters. The Balaban J connectivity index is 1.59. The summed E-state index contributed by atoms with van der Waals surface area (Å²) in [5.74, 6) is -0.00816. The van der Waals surface area contributed by atoms with E-state index in [-0.39, 0.29) is 5.91 Å². The second-order valence-corrected chi connectivity index (χ2v) is 6.46. The highest BCUT2D eigenvalue weighted by Gasteiger charge is 2.35. The van der Waals surface area contributed by atoms with Gasteiger partial charge in [0, 0.05) is 38.9 Å². The van der Waals surface area contributed by atoms with Gasteiger partial charge in [-0.1, -0.05) is 36.4 Å². The Bertz CT molecular complexity index is 664. The number of aromatic nitrogens is 1. The van der Waals surface area contributed by atoms with E-state index in [9.17, 15) is 4.79 Å². The van der Waals surface area contributed by atoms with Crippen LogP contribution >= 0.6 is 0 Å². The van der Waals surface area contributed by atoms with Gasteiger partial charge in [-0.3, -0.25) is 14.7 Å². The Morgan fingerprint density at radius 2 is 1.75 bits per heavy atom. The largest absolute Gasteiger partial charge is 0.338 e. The van der Waals surface area contributed by atoms with Gasteiger partial charge in [-0.25, -0.2) is 0 Å². The van der Waals surface area contributed by atoms with E-state index in [1.54, 1.807) is 6.92 Å². The molecule has 24 heavy (non-hydrogen) atoms. The summed E-state index contributed by atoms with van der Waals surface area (Å²) >= 11 is 0. The molecule has 1 amide bonds. The number of pyridine rings is 1. The number of benzene rings is 1. The third-order valence-corrected chi connectivity index (χ3v) is 4.59. The van der Waals surface area contributed by atoms with Crippen molar-refractivity contribution >= 4 is 5.91 Å². The first kappa shape index (κ1) is 16.6. The number of hydrogen-bond acceptors (Lipinski definition) is 4. The van der Waals surface area contributed by atoms with Crippen molar-refractivity contribution in [3.8, 4) is 0 Å². The highest BCUT2D eigenvalue weighted by atomic mass is 16.2. The summed E-state index contributed by atoms with van der Waals surface area (Å²) < 4.78 is 0. The summed E-state index contributed by atoms with van der Waals surface area (Å²) in [6, 6.07) is 15.5. The van der Waals surface area contributed by atoms with Crippen LogP contribution in [0.5, 0.6) is 0 Å². The second-order valence-electron chi connectivity index (χ2n) is 6.46. The Hall–Kier alpha value is -2.24. The Labute approximate surface area is 143 Å². The normalized spacial score (nSPS) is 18.2. The number of piperazine rings is 1. The molecule has 1 aromatic heterocycles. The zero-order chi connectivity index (χ0) is 17.0. The molecule has 5 nitrogen and oxygen atoms in total. The van der Waals surface area contributed by atoms with Gasteiger partial charge < -0.3 is 10.6 Å². The van der Waals surface area contributed by atoms with Gasteiger partial charge >= 0.3 is 0 Å². The van der Waals surface area contributed by atoms with Crippen LogP contribution in [0, 0.1) is 0 Å². The summed E-state index contributed by atoms with van der Waals surface area (Å²) in [5.41, 5.74) is 7.29. The molecule has 2 N–H and O–H groups in total. The average Bonchev–Trinajstić information content (AvgIpc) is 2.63. The molecule has 1 aliphatic rings. The monoisotopic (exact) mass is 324 g/mol. The molecule has 1 aromatic carbocycles. The Kier molecular flexibility index (Phi) is 4.92. The molecule has 1 aliphatic heterocycles. The maximum atomic E-state index is 12.9. The molecule has 0 aliphatic carbocycles. The van der Waals surface area contributed by atoms with Crippen LogP contribution in [0.4, 0.5) is 0 Å². The summed E-state index contributed by atoms with van der Waals surface area (Å²) in [7, 11) is 0. The van der Waals surface area contributed by atoms with Crippen molar-refractivity contribution in [2.45, 2.75) is 19.0 Å². The van der Waals surface area contributed by atoms with Gasteiger partial charge in [0.1, 0.15) is 5.54 Å². The average molecular weight is 324 g/mol. The standard InChI is InChI=1S/C19H24N4O/c1-19(20,16-7-3-2-4-8-16)18(24)23-13-11-22(12-14-23)15-17-9-5-6-10-21-17/h2-10H,11-15,20H2,1H3. The first-order valence-corrected chi connectivity index (χ1v) is 8.33. The number of amides is 1. The third-order valence-electron chi connectivity index (χ3n) is 4.59. The highest BCUT2D eigenvalue weighted by Crippen LogP contribution is 2.21. The van der Waals surface area contributed by atoms with Crippen LogP contribution < -0.4 is 5.73 Å². The molecule has 0 bridgehead atoms. The SMILES string of the molecule is CC(N)(C(=O)N1CCN(Cc2ccccn2)CC1)c1ccccc1. The van der Waals surface area contributed by atoms with Gasteiger partial charge in [0.25, 0.3) is 0 Å². The lowest BCUT2D eigenvalue weighted by molar-refractivity contribution is -0.138. The molecular weight excluding hydrogens is 300 g/mol. The van der Waals surface area contributed by atoms with Gasteiger partial charge in [-0.2, -0.15) is 0 Å². The van der Waals surface area contributed by atoms with Crippen LogP contribution in [0.1, 0.15) is 18.2 Å². The first-order valence-electron chi connectivity index (χ1n) is 8.33. The van der Waals surface area contributed by atoms with Crippen molar-refractivity contribution in [3.63, 3.8) is 0 Å². The number of rotatable bonds is 4. The molecule has 3 rings (SSSR count). The van der Waals surface area contributed by atoms with Gasteiger partial charge in [0.2, 0.25) is 5.91 Å². The number of nitrogens with zero attached hydrogens (tertiary/aromatic N) is 3. The number of nitrogens with two attached hydrogens (primary N) is 1. The molecule has 126 valence electrons. The van der Waals surface area contributed by atoms with Gasteiger partial charge in [0.15, 0.2) is 0 Å². The maximum Gasteiger partial charge on any atom is 0.247 e. The zero-order valence-electron chi connectivity index (χ0n) is 14.1. The molecule has 1 saturated heterocycles. The van der Waals surface area contributed by atoms with E-state index < -0.39 is 5.54 Å². The van der Waals surface area contributed by atoms with Crippen molar-refractivity contribution in [2.24, 2.45) is 5.73 Å². The molecule has 2 aromatic rings. The quantitative estimate of drug-likeness (QED) is 0.928. The first-order chi connectivity index (χ1) is 11.6. The number of carbonyl (C=O) groups is 1. The van der Waals surface area contributed by atoms with Crippen molar-refractivity contribution in [1.29, 1.82) is 0 Å². The predicted octanol–water partition coefficient (Wildman–Crippen LogP) is 1.60. The lowest BCUT2D eigenvalue weighted by Gasteiger charge is -2.38. The molecule has 0 radical (unpaired) electrons.